The van der Waals surface area contributed by atoms with E-state index in [9.17, 15) is 4.79 Å². The maximum absolute atomic E-state index is 12.2. The molecule has 0 aromatic heterocycles. The Morgan fingerprint density at radius 1 is 0.973 bits per heavy atom. The number of ether oxygens (including phenoxy) is 1. The van der Waals surface area contributed by atoms with E-state index in [2.05, 4.69) is 77.1 Å². The minimum Gasteiger partial charge on any atom is -0.379 e. The molecule has 1 saturated carbocycles. The van der Waals surface area contributed by atoms with Gasteiger partial charge in [-0.1, -0.05) is 73.9 Å². The Balaban J connectivity index is 0.000000229. The van der Waals surface area contributed by atoms with Gasteiger partial charge in [-0.25, -0.2) is 0 Å². The van der Waals surface area contributed by atoms with Gasteiger partial charge in [0.05, 0.1) is 13.2 Å². The molecule has 3 aromatic rings. The third-order valence-electron chi connectivity index (χ3n) is 7.79. The van der Waals surface area contributed by atoms with Crippen LogP contribution in [0.15, 0.2) is 66.7 Å². The van der Waals surface area contributed by atoms with Crippen molar-refractivity contribution < 1.29 is 11.0 Å². The Morgan fingerprint density at radius 3 is 2.41 bits per heavy atom. The first-order valence-electron chi connectivity index (χ1n) is 14.0. The summed E-state index contributed by atoms with van der Waals surface area (Å²) in [5.41, 5.74) is 3.53. The van der Waals surface area contributed by atoms with Crippen LogP contribution in [-0.2, 0) is 4.74 Å². The molecule has 5 heteroatoms. The van der Waals surface area contributed by atoms with Gasteiger partial charge in [-0.05, 0) is 66.8 Å². The third-order valence-corrected chi connectivity index (χ3v) is 7.79. The maximum atomic E-state index is 12.2. The molecule has 2 fully saturated rings. The van der Waals surface area contributed by atoms with Crippen LogP contribution in [0.4, 0.5) is 0 Å². The minimum atomic E-state index is 0. The van der Waals surface area contributed by atoms with E-state index in [1.807, 2.05) is 19.2 Å². The molecule has 1 aliphatic carbocycles. The quantitative estimate of drug-likeness (QED) is 0.405. The van der Waals surface area contributed by atoms with E-state index in [-0.39, 0.29) is 7.33 Å². The van der Waals surface area contributed by atoms with Crippen LogP contribution in [0, 0.1) is 0 Å². The summed E-state index contributed by atoms with van der Waals surface area (Å²) in [5, 5.41) is 8.95. The molecule has 1 heterocycles. The van der Waals surface area contributed by atoms with Crippen molar-refractivity contribution in [1.29, 1.82) is 0 Å². The molecule has 200 valence electrons. The lowest BCUT2D eigenvalue weighted by Gasteiger charge is -2.26. The van der Waals surface area contributed by atoms with Gasteiger partial charge in [0.25, 0.3) is 5.91 Å². The topological polar surface area (TPSA) is 53.6 Å². The van der Waals surface area contributed by atoms with Crippen molar-refractivity contribution in [2.75, 3.05) is 46.4 Å². The van der Waals surface area contributed by atoms with Gasteiger partial charge in [0.1, 0.15) is 0 Å². The van der Waals surface area contributed by atoms with Gasteiger partial charge in [-0.15, -0.1) is 0 Å². The summed E-state index contributed by atoms with van der Waals surface area (Å²) in [5.74, 6) is 0.732. The average molecular weight is 504 g/mol. The van der Waals surface area contributed by atoms with Gasteiger partial charge in [-0.3, -0.25) is 9.69 Å². The highest BCUT2D eigenvalue weighted by molar-refractivity contribution is 5.94. The predicted octanol–water partition coefficient (Wildman–Crippen LogP) is 6.16. The molecule has 0 radical (unpaired) electrons. The van der Waals surface area contributed by atoms with Crippen LogP contribution >= 0.6 is 0 Å². The van der Waals surface area contributed by atoms with E-state index in [1.165, 1.54) is 54.0 Å². The highest BCUT2D eigenvalue weighted by atomic mass is 16.5. The summed E-state index contributed by atoms with van der Waals surface area (Å²) in [4.78, 5) is 14.5. The summed E-state index contributed by atoms with van der Waals surface area (Å²) in [6, 6.07) is 23.6. The lowest BCUT2D eigenvalue weighted by molar-refractivity contribution is 0.0383. The summed E-state index contributed by atoms with van der Waals surface area (Å²) in [6.07, 6.45) is 6.65. The standard InChI is InChI=1S/C19H28N2O2.C13H15N.H2/c22-19(20-10-11-21-12-14-23-15-13-21)18-8-6-17(7-9-18)16-4-2-1-3-5-16;1-10(14-2)12-9-5-7-11-6-3-4-8-13(11)12;/h6-9,16H,1-5,10-15H2,(H,20,22);3-10,14H,1-2H3;1H. The molecule has 5 rings (SSSR count). The summed E-state index contributed by atoms with van der Waals surface area (Å²) in [6.45, 7) is 7.31. The van der Waals surface area contributed by atoms with Crippen LogP contribution in [-0.4, -0.2) is 57.2 Å². The fourth-order valence-corrected chi connectivity index (χ4v) is 5.38. The van der Waals surface area contributed by atoms with Crippen LogP contribution in [0.2, 0.25) is 0 Å². The Hall–Kier alpha value is -2.73. The fourth-order valence-electron chi connectivity index (χ4n) is 5.38. The molecule has 2 aliphatic rings. The third kappa shape index (κ3) is 7.88. The largest absolute Gasteiger partial charge is 0.379 e. The molecular weight excluding hydrogens is 458 g/mol. The van der Waals surface area contributed by atoms with Gasteiger partial charge in [-0.2, -0.15) is 0 Å². The number of fused-ring (bicyclic) bond motifs is 1. The zero-order valence-electron chi connectivity index (χ0n) is 22.5. The molecule has 5 nitrogen and oxygen atoms in total. The monoisotopic (exact) mass is 503 g/mol. The molecule has 0 bridgehead atoms. The lowest BCUT2D eigenvalue weighted by atomic mass is 9.84. The van der Waals surface area contributed by atoms with E-state index < -0.39 is 0 Å². The molecule has 3 aromatic carbocycles. The van der Waals surface area contributed by atoms with Crippen LogP contribution in [0.3, 0.4) is 0 Å². The number of benzene rings is 3. The molecular formula is C32H45N3O2. The Bertz CT molecular complexity index is 1100. The molecule has 1 atom stereocenters. The normalized spacial score (nSPS) is 17.6. The summed E-state index contributed by atoms with van der Waals surface area (Å²) < 4.78 is 5.33. The lowest BCUT2D eigenvalue weighted by Crippen LogP contribution is -2.41. The van der Waals surface area contributed by atoms with Gasteiger partial charge in [0.15, 0.2) is 0 Å². The van der Waals surface area contributed by atoms with E-state index in [1.54, 1.807) is 0 Å². The van der Waals surface area contributed by atoms with E-state index >= 15 is 0 Å². The number of hydrogen-bond donors (Lipinski definition) is 2. The second kappa shape index (κ2) is 14.3. The van der Waals surface area contributed by atoms with Gasteiger partial charge >= 0.3 is 0 Å². The van der Waals surface area contributed by atoms with Crippen LogP contribution in [0.25, 0.3) is 10.8 Å². The Morgan fingerprint density at radius 2 is 1.68 bits per heavy atom. The Kier molecular flexibility index (Phi) is 10.5. The van der Waals surface area contributed by atoms with E-state index in [4.69, 9.17) is 4.74 Å². The van der Waals surface area contributed by atoms with Crippen molar-refractivity contribution in [3.8, 4) is 0 Å². The number of carbonyl (C=O) groups is 1. The predicted molar refractivity (Wildman–Crippen MR) is 155 cm³/mol. The van der Waals surface area contributed by atoms with Crippen molar-refractivity contribution in [1.82, 2.24) is 15.5 Å². The van der Waals surface area contributed by atoms with Crippen molar-refractivity contribution in [3.05, 3.63) is 83.4 Å². The summed E-state index contributed by atoms with van der Waals surface area (Å²) in [7, 11) is 1.99. The molecule has 1 unspecified atom stereocenters. The number of nitrogens with one attached hydrogen (secondary N) is 2. The first kappa shape index (κ1) is 27.3. The first-order chi connectivity index (χ1) is 18.2. The average Bonchev–Trinajstić information content (AvgIpc) is 2.98. The molecule has 0 spiro atoms. The zero-order chi connectivity index (χ0) is 25.9. The molecule has 1 amide bonds. The van der Waals surface area contributed by atoms with Gasteiger partial charge < -0.3 is 15.4 Å². The second-order valence-electron chi connectivity index (χ2n) is 10.2. The molecule has 1 aliphatic heterocycles. The number of rotatable bonds is 7. The van der Waals surface area contributed by atoms with E-state index in [0.29, 0.717) is 18.5 Å². The highest BCUT2D eigenvalue weighted by Crippen LogP contribution is 2.32. The molecule has 1 saturated heterocycles. The van der Waals surface area contributed by atoms with E-state index in [0.717, 1.165) is 38.4 Å². The number of morpholine rings is 1. The summed E-state index contributed by atoms with van der Waals surface area (Å²) >= 11 is 0. The van der Waals surface area contributed by atoms with Crippen molar-refractivity contribution in [2.24, 2.45) is 0 Å². The van der Waals surface area contributed by atoms with Crippen LogP contribution in [0.1, 0.15) is 73.9 Å². The smallest absolute Gasteiger partial charge is 0.251 e. The number of amides is 1. The zero-order valence-corrected chi connectivity index (χ0v) is 22.5. The molecule has 2 N–H and O–H groups in total. The maximum Gasteiger partial charge on any atom is 0.251 e. The van der Waals surface area contributed by atoms with Crippen LogP contribution in [0.5, 0.6) is 0 Å². The van der Waals surface area contributed by atoms with Crippen molar-refractivity contribution >= 4 is 16.7 Å². The minimum absolute atomic E-state index is 0. The fraction of sp³-hybridized carbons (Fsp3) is 0.469. The van der Waals surface area contributed by atoms with Crippen molar-refractivity contribution in [2.45, 2.75) is 51.0 Å². The van der Waals surface area contributed by atoms with Crippen molar-refractivity contribution in [3.63, 3.8) is 0 Å². The van der Waals surface area contributed by atoms with Gasteiger partial charge in [0.2, 0.25) is 0 Å². The van der Waals surface area contributed by atoms with Crippen LogP contribution < -0.4 is 10.6 Å². The number of hydrogen-bond acceptors (Lipinski definition) is 4. The first-order valence-corrected chi connectivity index (χ1v) is 14.0. The van der Waals surface area contributed by atoms with Gasteiger partial charge in [0, 0.05) is 39.2 Å². The molecule has 37 heavy (non-hydrogen) atoms. The highest BCUT2D eigenvalue weighted by Gasteiger charge is 2.16. The number of nitrogens with zero attached hydrogens (tertiary/aromatic N) is 1. The Labute approximate surface area is 224 Å². The number of carbonyl (C=O) groups excluding carboxylic acids is 1. The second-order valence-corrected chi connectivity index (χ2v) is 10.2. The SMILES string of the molecule is CNC(C)c1cccc2ccccc12.O=C(NCCN1CCOCC1)c1ccc(C2CCCCC2)cc1.[HH].